The lowest BCUT2D eigenvalue weighted by Gasteiger charge is -2.34. The lowest BCUT2D eigenvalue weighted by atomic mass is 9.75. The van der Waals surface area contributed by atoms with Crippen molar-refractivity contribution >= 4 is 0 Å². The molecule has 122 valence electrons. The van der Waals surface area contributed by atoms with E-state index in [4.69, 9.17) is 0 Å². The first-order chi connectivity index (χ1) is 11.1. The van der Waals surface area contributed by atoms with Crippen LogP contribution in [0.1, 0.15) is 45.1 Å². The molecule has 2 aromatic rings. The Bertz CT molecular complexity index is 638. The zero-order chi connectivity index (χ0) is 16.3. The van der Waals surface area contributed by atoms with Crippen LogP contribution in [0.5, 0.6) is 0 Å². The van der Waals surface area contributed by atoms with Crippen molar-refractivity contribution in [2.24, 2.45) is 5.41 Å². The van der Waals surface area contributed by atoms with Crippen LogP contribution in [-0.4, -0.2) is 6.04 Å². The Morgan fingerprint density at radius 1 is 1.00 bits per heavy atom. The van der Waals surface area contributed by atoms with Gasteiger partial charge < -0.3 is 5.32 Å². The van der Waals surface area contributed by atoms with Crippen molar-refractivity contribution in [3.8, 4) is 11.1 Å². The monoisotopic (exact) mass is 311 g/mol. The Morgan fingerprint density at radius 3 is 2.39 bits per heavy atom. The lowest BCUT2D eigenvalue weighted by molar-refractivity contribution is 0.205. The molecule has 1 fully saturated rings. The van der Waals surface area contributed by atoms with E-state index in [1.54, 1.807) is 0 Å². The van der Waals surface area contributed by atoms with Crippen LogP contribution in [0.25, 0.3) is 11.1 Å². The fourth-order valence-corrected chi connectivity index (χ4v) is 3.41. The summed E-state index contributed by atoms with van der Waals surface area (Å²) in [5.74, 6) is -0.0951. The van der Waals surface area contributed by atoms with Crippen molar-refractivity contribution in [3.05, 3.63) is 59.9 Å². The van der Waals surface area contributed by atoms with Crippen LogP contribution in [-0.2, 0) is 6.54 Å². The first kappa shape index (κ1) is 16.2. The number of nitrogens with one attached hydrogen (secondary N) is 1. The Hall–Kier alpha value is -1.67. The molecule has 0 atom stereocenters. The number of hydrogen-bond donors (Lipinski definition) is 1. The molecule has 0 bridgehead atoms. The highest BCUT2D eigenvalue weighted by atomic mass is 19.1. The second-order valence-corrected chi connectivity index (χ2v) is 7.46. The molecule has 3 rings (SSSR count). The van der Waals surface area contributed by atoms with Crippen molar-refractivity contribution in [2.75, 3.05) is 0 Å². The largest absolute Gasteiger partial charge is 0.310 e. The van der Waals surface area contributed by atoms with Gasteiger partial charge in [0.2, 0.25) is 0 Å². The van der Waals surface area contributed by atoms with Gasteiger partial charge in [0.15, 0.2) is 0 Å². The Kier molecular flexibility index (Phi) is 4.82. The van der Waals surface area contributed by atoms with Crippen LogP contribution < -0.4 is 5.32 Å². The molecule has 0 radical (unpaired) electrons. The van der Waals surface area contributed by atoms with Gasteiger partial charge in [-0.2, -0.15) is 0 Å². The molecule has 0 amide bonds. The van der Waals surface area contributed by atoms with Gasteiger partial charge >= 0.3 is 0 Å². The fraction of sp³-hybridized carbons (Fsp3) is 0.429. The normalized spacial score (nSPS) is 18.0. The van der Waals surface area contributed by atoms with Gasteiger partial charge in [-0.1, -0.05) is 62.4 Å². The molecule has 1 aliphatic carbocycles. The molecule has 0 aromatic heterocycles. The zero-order valence-corrected chi connectivity index (χ0v) is 14.1. The van der Waals surface area contributed by atoms with Crippen LogP contribution in [0.15, 0.2) is 48.5 Å². The molecular weight excluding hydrogens is 285 g/mol. The van der Waals surface area contributed by atoms with E-state index in [1.807, 2.05) is 48.5 Å². The van der Waals surface area contributed by atoms with E-state index in [0.717, 1.165) is 11.1 Å². The fourth-order valence-electron chi connectivity index (χ4n) is 3.41. The molecule has 2 heteroatoms. The third kappa shape index (κ3) is 4.00. The van der Waals surface area contributed by atoms with Gasteiger partial charge in [0.05, 0.1) is 0 Å². The third-order valence-electron chi connectivity index (χ3n) is 5.08. The van der Waals surface area contributed by atoms with Crippen molar-refractivity contribution in [1.29, 1.82) is 0 Å². The smallest absolute Gasteiger partial charge is 0.135 e. The van der Waals surface area contributed by atoms with E-state index < -0.39 is 0 Å². The summed E-state index contributed by atoms with van der Waals surface area (Å²) in [5, 5.41) is 3.56. The number of hydrogen-bond acceptors (Lipinski definition) is 1. The first-order valence-corrected chi connectivity index (χ1v) is 8.61. The molecule has 1 nitrogen and oxygen atoms in total. The summed E-state index contributed by atoms with van der Waals surface area (Å²) in [7, 11) is 0. The molecule has 1 saturated carbocycles. The van der Waals surface area contributed by atoms with E-state index in [0.29, 0.717) is 23.6 Å². The van der Waals surface area contributed by atoms with E-state index in [-0.39, 0.29) is 5.82 Å². The highest BCUT2D eigenvalue weighted by Crippen LogP contribution is 2.35. The average molecular weight is 311 g/mol. The van der Waals surface area contributed by atoms with Gasteiger partial charge in [0.1, 0.15) is 5.82 Å². The van der Waals surface area contributed by atoms with E-state index in [9.17, 15) is 4.39 Å². The van der Waals surface area contributed by atoms with Gasteiger partial charge in [0, 0.05) is 23.7 Å². The number of halogens is 1. The van der Waals surface area contributed by atoms with Crippen LogP contribution >= 0.6 is 0 Å². The maximum Gasteiger partial charge on any atom is 0.135 e. The van der Waals surface area contributed by atoms with Crippen molar-refractivity contribution in [3.63, 3.8) is 0 Å². The summed E-state index contributed by atoms with van der Waals surface area (Å²) in [5.41, 5.74) is 2.86. The van der Waals surface area contributed by atoms with Crippen molar-refractivity contribution in [2.45, 2.75) is 52.1 Å². The topological polar surface area (TPSA) is 12.0 Å². The van der Waals surface area contributed by atoms with E-state index >= 15 is 0 Å². The Labute approximate surface area is 138 Å². The molecule has 0 heterocycles. The van der Waals surface area contributed by atoms with Gasteiger partial charge in [-0.15, -0.1) is 0 Å². The zero-order valence-electron chi connectivity index (χ0n) is 14.1. The van der Waals surface area contributed by atoms with Gasteiger partial charge in [-0.3, -0.25) is 0 Å². The highest BCUT2D eigenvalue weighted by Gasteiger charge is 2.26. The Morgan fingerprint density at radius 2 is 1.70 bits per heavy atom. The lowest BCUT2D eigenvalue weighted by Crippen LogP contribution is -2.35. The van der Waals surface area contributed by atoms with Crippen LogP contribution in [0.4, 0.5) is 4.39 Å². The van der Waals surface area contributed by atoms with E-state index in [2.05, 4.69) is 19.2 Å². The van der Waals surface area contributed by atoms with Gasteiger partial charge in [0.25, 0.3) is 0 Å². The molecule has 0 unspecified atom stereocenters. The summed E-state index contributed by atoms with van der Waals surface area (Å²) in [6.07, 6.45) is 4.87. The van der Waals surface area contributed by atoms with Crippen molar-refractivity contribution < 1.29 is 4.39 Å². The SMILES string of the molecule is CC1(C)CCC(NCc2cccc(-c3ccccc3)c2F)CC1. The minimum absolute atomic E-state index is 0.0951. The standard InChI is InChI=1S/C21H26FN/c1-21(2)13-11-18(12-14-21)23-15-17-9-6-10-19(20(17)22)16-7-4-3-5-8-16/h3-10,18,23H,11-15H2,1-2H3. The summed E-state index contributed by atoms with van der Waals surface area (Å²) in [6, 6.07) is 16.0. The summed E-state index contributed by atoms with van der Waals surface area (Å²) >= 11 is 0. The van der Waals surface area contributed by atoms with Crippen LogP contribution in [0.3, 0.4) is 0 Å². The van der Waals surface area contributed by atoms with Crippen LogP contribution in [0, 0.1) is 11.2 Å². The minimum atomic E-state index is -0.0951. The predicted molar refractivity (Wildman–Crippen MR) is 94.7 cm³/mol. The second kappa shape index (κ2) is 6.84. The third-order valence-corrected chi connectivity index (χ3v) is 5.08. The molecule has 2 aromatic carbocycles. The van der Waals surface area contributed by atoms with E-state index in [1.165, 1.54) is 25.7 Å². The van der Waals surface area contributed by atoms with Gasteiger partial charge in [-0.05, 0) is 36.7 Å². The molecule has 0 saturated heterocycles. The summed E-state index contributed by atoms with van der Waals surface area (Å²) < 4.78 is 14.8. The molecule has 1 N–H and O–H groups in total. The number of benzene rings is 2. The quantitative estimate of drug-likeness (QED) is 0.780. The minimum Gasteiger partial charge on any atom is -0.310 e. The predicted octanol–water partition coefficient (Wildman–Crippen LogP) is 5.55. The highest BCUT2D eigenvalue weighted by molar-refractivity contribution is 5.64. The Balaban J connectivity index is 1.67. The second-order valence-electron chi connectivity index (χ2n) is 7.46. The number of rotatable bonds is 4. The summed E-state index contributed by atoms with van der Waals surface area (Å²) in [6.45, 7) is 5.29. The molecule has 0 aliphatic heterocycles. The summed E-state index contributed by atoms with van der Waals surface area (Å²) in [4.78, 5) is 0. The maximum absolute atomic E-state index is 14.8. The van der Waals surface area contributed by atoms with Gasteiger partial charge in [-0.25, -0.2) is 4.39 Å². The first-order valence-electron chi connectivity index (χ1n) is 8.61. The molecule has 1 aliphatic rings. The van der Waals surface area contributed by atoms with Crippen LogP contribution in [0.2, 0.25) is 0 Å². The maximum atomic E-state index is 14.8. The molecule has 0 spiro atoms. The molecule has 23 heavy (non-hydrogen) atoms. The molecular formula is C21H26FN. The average Bonchev–Trinajstić information content (AvgIpc) is 2.56. The van der Waals surface area contributed by atoms with Crippen molar-refractivity contribution in [1.82, 2.24) is 5.32 Å².